The van der Waals surface area contributed by atoms with Gasteiger partial charge in [0.05, 0.1) is 12.6 Å². The first-order chi connectivity index (χ1) is 15.1. The molecular formula is C26H33N3O2. The summed E-state index contributed by atoms with van der Waals surface area (Å²) in [6.45, 7) is 9.28. The number of piperazine rings is 1. The third-order valence-electron chi connectivity index (χ3n) is 6.70. The number of benzene rings is 2. The normalized spacial score (nSPS) is 17.9. The van der Waals surface area contributed by atoms with Crippen molar-refractivity contribution in [2.75, 3.05) is 33.4 Å². The molecule has 0 aliphatic carbocycles. The minimum Gasteiger partial charge on any atom is -0.496 e. The average Bonchev–Trinajstić information content (AvgIpc) is 2.79. The van der Waals surface area contributed by atoms with E-state index >= 15 is 0 Å². The van der Waals surface area contributed by atoms with Crippen LogP contribution in [0.25, 0.3) is 10.9 Å². The summed E-state index contributed by atoms with van der Waals surface area (Å²) in [6, 6.07) is 15.1. The fourth-order valence-electron chi connectivity index (χ4n) is 4.73. The molecule has 0 spiro atoms. The van der Waals surface area contributed by atoms with E-state index in [2.05, 4.69) is 65.0 Å². The van der Waals surface area contributed by atoms with E-state index < -0.39 is 0 Å². The Labute approximate surface area is 185 Å². The Bertz CT molecular complexity index is 1030. The van der Waals surface area contributed by atoms with Crippen molar-refractivity contribution >= 4 is 10.9 Å². The van der Waals surface area contributed by atoms with Crippen LogP contribution in [0.15, 0.2) is 48.7 Å². The third kappa shape index (κ3) is 4.74. The van der Waals surface area contributed by atoms with Crippen LogP contribution in [0.3, 0.4) is 0 Å². The lowest BCUT2D eigenvalue weighted by Gasteiger charge is -2.42. The predicted octanol–water partition coefficient (Wildman–Crippen LogP) is 3.93. The first-order valence-corrected chi connectivity index (χ1v) is 11.1. The van der Waals surface area contributed by atoms with Gasteiger partial charge in [-0.05, 0) is 54.7 Å². The summed E-state index contributed by atoms with van der Waals surface area (Å²) in [5.74, 6) is 0.946. The molecule has 2 aromatic carbocycles. The Morgan fingerprint density at radius 1 is 1.00 bits per heavy atom. The van der Waals surface area contributed by atoms with E-state index in [1.165, 1.54) is 27.6 Å². The van der Waals surface area contributed by atoms with Crippen molar-refractivity contribution in [1.82, 2.24) is 14.8 Å². The van der Waals surface area contributed by atoms with Crippen molar-refractivity contribution in [3.8, 4) is 5.75 Å². The van der Waals surface area contributed by atoms with Crippen LogP contribution < -0.4 is 4.74 Å². The van der Waals surface area contributed by atoms with E-state index in [0.29, 0.717) is 6.04 Å². The standard InChI is InChI=1S/C26H33N3O2/c1-19-20(2)25(31-3)10-9-22(19)17-29-14-13-28(18-24(29)11-15-30)16-23-7-4-6-21-8-5-12-27-26(21)23/h4-10,12,24,30H,11,13-18H2,1-3H3/t24-/m0/s1. The third-order valence-corrected chi connectivity index (χ3v) is 6.70. The Morgan fingerprint density at radius 3 is 2.65 bits per heavy atom. The minimum atomic E-state index is 0.214. The Balaban J connectivity index is 1.48. The van der Waals surface area contributed by atoms with Crippen molar-refractivity contribution in [2.24, 2.45) is 0 Å². The summed E-state index contributed by atoms with van der Waals surface area (Å²) < 4.78 is 5.47. The fourth-order valence-corrected chi connectivity index (χ4v) is 4.73. The van der Waals surface area contributed by atoms with Crippen LogP contribution in [0.2, 0.25) is 0 Å². The van der Waals surface area contributed by atoms with Crippen LogP contribution >= 0.6 is 0 Å². The first kappa shape index (κ1) is 21.8. The van der Waals surface area contributed by atoms with Gasteiger partial charge in [-0.25, -0.2) is 0 Å². The van der Waals surface area contributed by atoms with Gasteiger partial charge in [0.15, 0.2) is 0 Å². The topological polar surface area (TPSA) is 48.8 Å². The molecule has 2 heterocycles. The van der Waals surface area contributed by atoms with Gasteiger partial charge in [0.25, 0.3) is 0 Å². The zero-order valence-corrected chi connectivity index (χ0v) is 18.8. The maximum Gasteiger partial charge on any atom is 0.122 e. The number of nitrogens with zero attached hydrogens (tertiary/aromatic N) is 3. The molecule has 1 atom stereocenters. The highest BCUT2D eigenvalue weighted by Gasteiger charge is 2.27. The lowest BCUT2D eigenvalue weighted by molar-refractivity contribution is 0.0500. The first-order valence-electron chi connectivity index (χ1n) is 11.1. The average molecular weight is 420 g/mol. The van der Waals surface area contributed by atoms with Gasteiger partial charge in [-0.3, -0.25) is 14.8 Å². The van der Waals surface area contributed by atoms with Crippen LogP contribution in [0.5, 0.6) is 5.75 Å². The van der Waals surface area contributed by atoms with Crippen molar-refractivity contribution in [2.45, 2.75) is 39.4 Å². The van der Waals surface area contributed by atoms with Gasteiger partial charge in [-0.2, -0.15) is 0 Å². The Kier molecular flexibility index (Phi) is 6.86. The fraction of sp³-hybridized carbons (Fsp3) is 0.423. The largest absolute Gasteiger partial charge is 0.496 e. The molecule has 5 nitrogen and oxygen atoms in total. The summed E-state index contributed by atoms with van der Waals surface area (Å²) in [7, 11) is 1.73. The molecular weight excluding hydrogens is 386 g/mol. The molecule has 1 fully saturated rings. The summed E-state index contributed by atoms with van der Waals surface area (Å²) in [5.41, 5.74) is 6.21. The van der Waals surface area contributed by atoms with Crippen molar-refractivity contribution in [3.05, 3.63) is 70.9 Å². The number of methoxy groups -OCH3 is 1. The highest BCUT2D eigenvalue weighted by atomic mass is 16.5. The molecule has 1 aliphatic rings. The van der Waals surface area contributed by atoms with Gasteiger partial charge in [0.1, 0.15) is 5.75 Å². The molecule has 4 rings (SSSR count). The zero-order chi connectivity index (χ0) is 21.8. The number of rotatable bonds is 7. The SMILES string of the molecule is COc1ccc(CN2CCN(Cc3cccc4cccnc34)C[C@@H]2CCO)c(C)c1C. The van der Waals surface area contributed by atoms with Gasteiger partial charge >= 0.3 is 0 Å². The summed E-state index contributed by atoms with van der Waals surface area (Å²) in [4.78, 5) is 9.65. The molecule has 0 amide bonds. The number of aliphatic hydroxyl groups is 1. The molecule has 0 unspecified atom stereocenters. The zero-order valence-electron chi connectivity index (χ0n) is 18.8. The van der Waals surface area contributed by atoms with Gasteiger partial charge in [-0.15, -0.1) is 0 Å². The van der Waals surface area contributed by atoms with Crippen LogP contribution in [0.4, 0.5) is 0 Å². The second-order valence-corrected chi connectivity index (χ2v) is 8.54. The highest BCUT2D eigenvalue weighted by Crippen LogP contribution is 2.27. The minimum absolute atomic E-state index is 0.214. The Hall–Kier alpha value is -2.47. The predicted molar refractivity (Wildman–Crippen MR) is 125 cm³/mol. The monoisotopic (exact) mass is 419 g/mol. The molecule has 0 saturated carbocycles. The second kappa shape index (κ2) is 9.77. The lowest BCUT2D eigenvalue weighted by Crippen LogP contribution is -2.52. The molecule has 1 aliphatic heterocycles. The number of hydrogen-bond donors (Lipinski definition) is 1. The van der Waals surface area contributed by atoms with Crippen LogP contribution in [0.1, 0.15) is 28.7 Å². The molecule has 1 saturated heterocycles. The molecule has 3 aromatic rings. The number of pyridine rings is 1. The summed E-state index contributed by atoms with van der Waals surface area (Å²) in [5, 5.41) is 10.9. The molecule has 1 aromatic heterocycles. The van der Waals surface area contributed by atoms with E-state index in [1.54, 1.807) is 7.11 Å². The van der Waals surface area contributed by atoms with E-state index in [-0.39, 0.29) is 6.61 Å². The van der Waals surface area contributed by atoms with Crippen LogP contribution in [-0.2, 0) is 13.1 Å². The van der Waals surface area contributed by atoms with Crippen molar-refractivity contribution < 1.29 is 9.84 Å². The van der Waals surface area contributed by atoms with E-state index in [1.807, 2.05) is 12.3 Å². The smallest absolute Gasteiger partial charge is 0.122 e. The molecule has 0 radical (unpaired) electrons. The van der Waals surface area contributed by atoms with Gasteiger partial charge in [-0.1, -0.05) is 30.3 Å². The maximum atomic E-state index is 9.72. The number of aliphatic hydroxyl groups excluding tert-OH is 1. The van der Waals surface area contributed by atoms with E-state index in [9.17, 15) is 5.11 Å². The number of aromatic nitrogens is 1. The van der Waals surface area contributed by atoms with Crippen LogP contribution in [-0.4, -0.2) is 59.3 Å². The quantitative estimate of drug-likeness (QED) is 0.629. The van der Waals surface area contributed by atoms with Gasteiger partial charge in [0, 0.05) is 57.0 Å². The molecule has 1 N–H and O–H groups in total. The van der Waals surface area contributed by atoms with E-state index in [0.717, 1.165) is 50.4 Å². The number of hydrogen-bond acceptors (Lipinski definition) is 5. The highest BCUT2D eigenvalue weighted by molar-refractivity contribution is 5.81. The number of fused-ring (bicyclic) bond motifs is 1. The van der Waals surface area contributed by atoms with Crippen molar-refractivity contribution in [3.63, 3.8) is 0 Å². The number of ether oxygens (including phenoxy) is 1. The van der Waals surface area contributed by atoms with E-state index in [4.69, 9.17) is 4.74 Å². The Morgan fingerprint density at radius 2 is 1.84 bits per heavy atom. The second-order valence-electron chi connectivity index (χ2n) is 8.54. The molecule has 0 bridgehead atoms. The summed E-state index contributed by atoms with van der Waals surface area (Å²) in [6.07, 6.45) is 2.66. The lowest BCUT2D eigenvalue weighted by atomic mass is 10.00. The van der Waals surface area contributed by atoms with Crippen molar-refractivity contribution in [1.29, 1.82) is 0 Å². The van der Waals surface area contributed by atoms with Crippen LogP contribution in [0, 0.1) is 13.8 Å². The molecule has 5 heteroatoms. The van der Waals surface area contributed by atoms with Gasteiger partial charge < -0.3 is 9.84 Å². The summed E-state index contributed by atoms with van der Waals surface area (Å²) >= 11 is 0. The van der Waals surface area contributed by atoms with Gasteiger partial charge in [0.2, 0.25) is 0 Å². The molecule has 31 heavy (non-hydrogen) atoms. The maximum absolute atomic E-state index is 9.72. The number of para-hydroxylation sites is 1. The molecule has 164 valence electrons.